The number of hydrogen-bond donors (Lipinski definition) is 1. The van der Waals surface area contributed by atoms with Crippen LogP contribution < -0.4 is 15.5 Å². The molecule has 3 rings (SSSR count). The minimum Gasteiger partial charge on any atom is -0.493 e. The molecular weight excluding hydrogens is 282 g/mol. The zero-order valence-corrected chi connectivity index (χ0v) is 12.3. The van der Waals surface area contributed by atoms with E-state index in [1.165, 1.54) is 12.1 Å². The Morgan fingerprint density at radius 2 is 2.14 bits per heavy atom. The third-order valence-corrected chi connectivity index (χ3v) is 3.62. The Labute approximate surface area is 127 Å². The number of fused-ring (bicyclic) bond motifs is 1. The molecule has 0 unspecified atom stereocenters. The van der Waals surface area contributed by atoms with Gasteiger partial charge < -0.3 is 14.5 Å². The maximum absolute atomic E-state index is 12.1. The standard InChI is InChI=1S/C17H17NO4/c1-11-6-14(19)8-16(22-11)17(20)18-9-12-7-13-4-2-3-5-15(13)21-10-12/h2-6,8,12H,7,9-10H2,1H3,(H,18,20)/t12-/m1/s1. The van der Waals surface area contributed by atoms with Crippen LogP contribution in [0, 0.1) is 12.8 Å². The first-order chi connectivity index (χ1) is 10.6. The van der Waals surface area contributed by atoms with E-state index in [9.17, 15) is 9.59 Å². The molecule has 0 spiro atoms. The van der Waals surface area contributed by atoms with Crippen molar-refractivity contribution in [1.82, 2.24) is 5.32 Å². The van der Waals surface area contributed by atoms with Crippen LogP contribution in [-0.4, -0.2) is 19.1 Å². The maximum atomic E-state index is 12.1. The summed E-state index contributed by atoms with van der Waals surface area (Å²) < 4.78 is 11.0. The highest BCUT2D eigenvalue weighted by atomic mass is 16.5. The van der Waals surface area contributed by atoms with Crippen LogP contribution >= 0.6 is 0 Å². The SMILES string of the molecule is Cc1cc(=O)cc(C(=O)NC[C@@H]2COc3ccccc3C2)o1. The number of rotatable bonds is 3. The number of amides is 1. The number of para-hydroxylation sites is 1. The van der Waals surface area contributed by atoms with E-state index in [4.69, 9.17) is 9.15 Å². The molecule has 1 atom stereocenters. The summed E-state index contributed by atoms with van der Waals surface area (Å²) in [5, 5.41) is 2.80. The lowest BCUT2D eigenvalue weighted by Gasteiger charge is -2.25. The third-order valence-electron chi connectivity index (χ3n) is 3.62. The van der Waals surface area contributed by atoms with E-state index in [1.807, 2.05) is 24.3 Å². The Hall–Kier alpha value is -2.56. The largest absolute Gasteiger partial charge is 0.493 e. The summed E-state index contributed by atoms with van der Waals surface area (Å²) in [6.45, 7) is 2.68. The summed E-state index contributed by atoms with van der Waals surface area (Å²) in [6, 6.07) is 10.5. The second kappa shape index (κ2) is 6.05. The molecule has 2 aromatic rings. The molecule has 1 amide bonds. The van der Waals surface area contributed by atoms with Crippen LogP contribution in [0.3, 0.4) is 0 Å². The molecule has 0 bridgehead atoms. The first-order valence-corrected chi connectivity index (χ1v) is 7.22. The van der Waals surface area contributed by atoms with E-state index >= 15 is 0 Å². The summed E-state index contributed by atoms with van der Waals surface area (Å²) in [4.78, 5) is 23.5. The molecule has 1 aliphatic rings. The Balaban J connectivity index is 1.61. The van der Waals surface area contributed by atoms with Crippen molar-refractivity contribution in [1.29, 1.82) is 0 Å². The lowest BCUT2D eigenvalue weighted by Crippen LogP contribution is -2.35. The Morgan fingerprint density at radius 3 is 2.95 bits per heavy atom. The summed E-state index contributed by atoms with van der Waals surface area (Å²) in [6.07, 6.45) is 0.855. The summed E-state index contributed by atoms with van der Waals surface area (Å²) in [5.41, 5.74) is 0.916. The highest BCUT2D eigenvalue weighted by Crippen LogP contribution is 2.26. The topological polar surface area (TPSA) is 68.5 Å². The molecule has 22 heavy (non-hydrogen) atoms. The summed E-state index contributed by atoms with van der Waals surface area (Å²) in [5.74, 6) is 1.21. The van der Waals surface area contributed by atoms with E-state index in [0.29, 0.717) is 18.9 Å². The predicted molar refractivity (Wildman–Crippen MR) is 81.2 cm³/mol. The Morgan fingerprint density at radius 1 is 1.32 bits per heavy atom. The van der Waals surface area contributed by atoms with Crippen LogP contribution in [0.5, 0.6) is 5.75 Å². The molecule has 0 aliphatic carbocycles. The highest BCUT2D eigenvalue weighted by Gasteiger charge is 2.20. The smallest absolute Gasteiger partial charge is 0.287 e. The van der Waals surface area contributed by atoms with Gasteiger partial charge in [-0.2, -0.15) is 0 Å². The van der Waals surface area contributed by atoms with Crippen molar-refractivity contribution in [2.45, 2.75) is 13.3 Å². The third kappa shape index (κ3) is 3.19. The fourth-order valence-electron chi connectivity index (χ4n) is 2.56. The van der Waals surface area contributed by atoms with Crippen molar-refractivity contribution in [3.8, 4) is 5.75 Å². The van der Waals surface area contributed by atoms with Gasteiger partial charge in [-0.25, -0.2) is 0 Å². The van der Waals surface area contributed by atoms with E-state index in [1.54, 1.807) is 6.92 Å². The molecule has 2 heterocycles. The number of ether oxygens (including phenoxy) is 1. The van der Waals surface area contributed by atoms with E-state index < -0.39 is 0 Å². The minimum absolute atomic E-state index is 0.0436. The van der Waals surface area contributed by atoms with Crippen LogP contribution in [0.4, 0.5) is 0 Å². The molecule has 1 aliphatic heterocycles. The summed E-state index contributed by atoms with van der Waals surface area (Å²) in [7, 11) is 0. The van der Waals surface area contributed by atoms with Crippen LogP contribution in [0.2, 0.25) is 0 Å². The number of benzene rings is 1. The predicted octanol–water partition coefficient (Wildman–Crippen LogP) is 1.93. The van der Waals surface area contributed by atoms with Gasteiger partial charge in [0, 0.05) is 24.6 Å². The van der Waals surface area contributed by atoms with E-state index in [0.717, 1.165) is 17.7 Å². The molecule has 1 aromatic heterocycles. The van der Waals surface area contributed by atoms with Crippen molar-refractivity contribution in [3.05, 3.63) is 63.7 Å². The number of nitrogens with one attached hydrogen (secondary N) is 1. The second-order valence-electron chi connectivity index (χ2n) is 5.47. The average Bonchev–Trinajstić information content (AvgIpc) is 2.51. The van der Waals surface area contributed by atoms with Crippen LogP contribution in [0.1, 0.15) is 21.9 Å². The zero-order chi connectivity index (χ0) is 15.5. The quantitative estimate of drug-likeness (QED) is 0.940. The molecular formula is C17H17NO4. The molecule has 114 valence electrons. The molecule has 1 N–H and O–H groups in total. The molecule has 0 saturated carbocycles. The van der Waals surface area contributed by atoms with Gasteiger partial charge in [-0.15, -0.1) is 0 Å². The first kappa shape index (κ1) is 14.4. The average molecular weight is 299 g/mol. The first-order valence-electron chi connectivity index (χ1n) is 7.22. The maximum Gasteiger partial charge on any atom is 0.287 e. The van der Waals surface area contributed by atoms with Crippen LogP contribution in [-0.2, 0) is 6.42 Å². The fraction of sp³-hybridized carbons (Fsp3) is 0.294. The minimum atomic E-state index is -0.375. The van der Waals surface area contributed by atoms with Gasteiger partial charge in [0.15, 0.2) is 11.2 Å². The Kier molecular flexibility index (Phi) is 3.96. The van der Waals surface area contributed by atoms with Gasteiger partial charge in [0.25, 0.3) is 5.91 Å². The molecule has 0 saturated heterocycles. The van der Waals surface area contributed by atoms with Crippen LogP contribution in [0.15, 0.2) is 45.6 Å². The summed E-state index contributed by atoms with van der Waals surface area (Å²) >= 11 is 0. The van der Waals surface area contributed by atoms with Crippen molar-refractivity contribution in [2.75, 3.05) is 13.2 Å². The Bertz CT molecular complexity index is 750. The molecule has 5 nitrogen and oxygen atoms in total. The number of carbonyl (C=O) groups excluding carboxylic acids is 1. The van der Waals surface area contributed by atoms with Gasteiger partial charge in [0.05, 0.1) is 6.61 Å². The van der Waals surface area contributed by atoms with Crippen molar-refractivity contribution in [3.63, 3.8) is 0 Å². The van der Waals surface area contributed by atoms with Gasteiger partial charge in [-0.1, -0.05) is 18.2 Å². The van der Waals surface area contributed by atoms with Crippen LogP contribution in [0.25, 0.3) is 0 Å². The number of hydrogen-bond acceptors (Lipinski definition) is 4. The van der Waals surface area contributed by atoms with Gasteiger partial charge in [-0.3, -0.25) is 9.59 Å². The fourth-order valence-corrected chi connectivity index (χ4v) is 2.56. The van der Waals surface area contributed by atoms with Gasteiger partial charge in [-0.05, 0) is 25.0 Å². The number of carbonyl (C=O) groups is 1. The zero-order valence-electron chi connectivity index (χ0n) is 12.3. The van der Waals surface area contributed by atoms with E-state index in [2.05, 4.69) is 5.32 Å². The van der Waals surface area contributed by atoms with Gasteiger partial charge in [0.1, 0.15) is 11.5 Å². The normalized spacial score (nSPS) is 16.5. The monoisotopic (exact) mass is 299 g/mol. The van der Waals surface area contributed by atoms with Crippen molar-refractivity contribution < 1.29 is 13.9 Å². The molecule has 5 heteroatoms. The molecule has 0 fully saturated rings. The lowest BCUT2D eigenvalue weighted by atomic mass is 9.97. The lowest BCUT2D eigenvalue weighted by molar-refractivity contribution is 0.0907. The number of aryl methyl sites for hydroxylation is 1. The molecule has 0 radical (unpaired) electrons. The van der Waals surface area contributed by atoms with Gasteiger partial charge in [0.2, 0.25) is 0 Å². The van der Waals surface area contributed by atoms with Crippen molar-refractivity contribution >= 4 is 5.91 Å². The van der Waals surface area contributed by atoms with Crippen molar-refractivity contribution in [2.24, 2.45) is 5.92 Å². The van der Waals surface area contributed by atoms with E-state index in [-0.39, 0.29) is 23.0 Å². The second-order valence-corrected chi connectivity index (χ2v) is 5.47. The molecule has 1 aromatic carbocycles. The van der Waals surface area contributed by atoms with Gasteiger partial charge >= 0.3 is 0 Å². The highest BCUT2D eigenvalue weighted by molar-refractivity contribution is 5.91.